The molecule has 0 aliphatic rings. The van der Waals surface area contributed by atoms with Gasteiger partial charge in [-0.15, -0.1) is 0 Å². The van der Waals surface area contributed by atoms with Gasteiger partial charge in [-0.05, 0) is 36.2 Å². The van der Waals surface area contributed by atoms with E-state index in [4.69, 9.17) is 23.2 Å². The van der Waals surface area contributed by atoms with Crippen LogP contribution < -0.4 is 0 Å². The Bertz CT molecular complexity index is 334. The van der Waals surface area contributed by atoms with Crippen molar-refractivity contribution in [3.05, 3.63) is 28.3 Å². The molecule has 0 bridgehead atoms. The van der Waals surface area contributed by atoms with Crippen LogP contribution in [0.1, 0.15) is 15.9 Å². The highest BCUT2D eigenvalue weighted by atomic mass is 35.5. The Morgan fingerprint density at radius 1 is 1.50 bits per heavy atom. The minimum atomic E-state index is -0.710. The lowest BCUT2D eigenvalue weighted by Crippen LogP contribution is -1.91. The van der Waals surface area contributed by atoms with Crippen molar-refractivity contribution in [3.8, 4) is 5.75 Å². The van der Waals surface area contributed by atoms with Gasteiger partial charge in [-0.2, -0.15) is 0 Å². The minimum Gasteiger partial charge on any atom is -0.507 e. The molecule has 12 heavy (non-hydrogen) atoms. The summed E-state index contributed by atoms with van der Waals surface area (Å²) in [5, 5.41) is 9.00. The molecule has 0 saturated carbocycles. The summed E-state index contributed by atoms with van der Waals surface area (Å²) >= 11 is 10.8. The minimum absolute atomic E-state index is 0.0432. The maximum atomic E-state index is 10.7. The second-order valence-electron chi connectivity index (χ2n) is 2.39. The maximum Gasteiger partial charge on any atom is 0.256 e. The fourth-order valence-corrected chi connectivity index (χ4v) is 1.30. The van der Waals surface area contributed by atoms with E-state index in [2.05, 4.69) is 0 Å². The molecule has 1 aromatic rings. The molecule has 64 valence electrons. The maximum absolute atomic E-state index is 10.7. The van der Waals surface area contributed by atoms with Gasteiger partial charge >= 0.3 is 0 Å². The van der Waals surface area contributed by atoms with Crippen molar-refractivity contribution < 1.29 is 9.90 Å². The average molecular weight is 205 g/mol. The topological polar surface area (TPSA) is 37.3 Å². The fourth-order valence-electron chi connectivity index (χ4n) is 0.885. The monoisotopic (exact) mass is 204 g/mol. The summed E-state index contributed by atoms with van der Waals surface area (Å²) in [5.41, 5.74) is 0.577. The first kappa shape index (κ1) is 9.36. The quantitative estimate of drug-likeness (QED) is 0.715. The Morgan fingerprint density at radius 2 is 2.08 bits per heavy atom. The zero-order valence-electron chi connectivity index (χ0n) is 6.27. The number of benzene rings is 1. The van der Waals surface area contributed by atoms with E-state index in [9.17, 15) is 9.90 Å². The normalized spacial score (nSPS) is 9.92. The second-order valence-corrected chi connectivity index (χ2v) is 3.17. The van der Waals surface area contributed by atoms with Gasteiger partial charge in [0.25, 0.3) is 5.24 Å². The highest BCUT2D eigenvalue weighted by Crippen LogP contribution is 2.27. The zero-order valence-corrected chi connectivity index (χ0v) is 7.78. The van der Waals surface area contributed by atoms with Crippen molar-refractivity contribution in [1.82, 2.24) is 0 Å². The van der Waals surface area contributed by atoms with Crippen LogP contribution in [-0.4, -0.2) is 10.3 Å². The first-order valence-electron chi connectivity index (χ1n) is 3.21. The lowest BCUT2D eigenvalue weighted by Gasteiger charge is -2.03. The number of carbonyl (C=O) groups is 1. The number of hydrogen-bond acceptors (Lipinski definition) is 2. The Labute approximate surface area is 79.7 Å². The van der Waals surface area contributed by atoms with Crippen LogP contribution in [0.4, 0.5) is 0 Å². The first-order valence-corrected chi connectivity index (χ1v) is 3.97. The predicted octanol–water partition coefficient (Wildman–Crippen LogP) is 2.73. The van der Waals surface area contributed by atoms with E-state index in [0.717, 1.165) is 0 Å². The third-order valence-corrected chi connectivity index (χ3v) is 1.90. The van der Waals surface area contributed by atoms with E-state index in [-0.39, 0.29) is 11.3 Å². The van der Waals surface area contributed by atoms with Gasteiger partial charge in [0.05, 0.1) is 5.56 Å². The molecule has 2 nitrogen and oxygen atoms in total. The van der Waals surface area contributed by atoms with Crippen LogP contribution in [-0.2, 0) is 0 Å². The molecule has 0 heterocycles. The standard InChI is InChI=1S/C8H6Cl2O2/c1-4-2-5(9)3-6(7(4)11)8(10)12/h2-3,11H,1H3. The molecule has 0 saturated heterocycles. The Hall–Kier alpha value is -0.730. The molecule has 0 radical (unpaired) electrons. The molecule has 1 aromatic carbocycles. The fraction of sp³-hybridized carbons (Fsp3) is 0.125. The molecule has 0 amide bonds. The number of carbonyl (C=O) groups excluding carboxylic acids is 1. The third kappa shape index (κ3) is 1.71. The van der Waals surface area contributed by atoms with E-state index in [1.165, 1.54) is 6.07 Å². The number of aryl methyl sites for hydroxylation is 1. The molecule has 0 aromatic heterocycles. The number of phenols is 1. The number of aromatic hydroxyl groups is 1. The van der Waals surface area contributed by atoms with Gasteiger partial charge in [0.1, 0.15) is 5.75 Å². The van der Waals surface area contributed by atoms with Gasteiger partial charge < -0.3 is 5.11 Å². The molecule has 0 atom stereocenters. The lowest BCUT2D eigenvalue weighted by molar-refractivity contribution is 0.107. The van der Waals surface area contributed by atoms with Crippen molar-refractivity contribution in [1.29, 1.82) is 0 Å². The van der Waals surface area contributed by atoms with E-state index in [1.807, 2.05) is 0 Å². The highest BCUT2D eigenvalue weighted by Gasteiger charge is 2.11. The van der Waals surface area contributed by atoms with Gasteiger partial charge in [0, 0.05) is 5.02 Å². The van der Waals surface area contributed by atoms with E-state index >= 15 is 0 Å². The van der Waals surface area contributed by atoms with Gasteiger partial charge in [0.2, 0.25) is 0 Å². The molecular formula is C8H6Cl2O2. The molecule has 0 fully saturated rings. The number of phenolic OH excluding ortho intramolecular Hbond substituents is 1. The molecule has 4 heteroatoms. The summed E-state index contributed by atoms with van der Waals surface area (Å²) in [6.45, 7) is 1.64. The highest BCUT2D eigenvalue weighted by molar-refractivity contribution is 6.68. The predicted molar refractivity (Wildman–Crippen MR) is 48.0 cm³/mol. The van der Waals surface area contributed by atoms with Crippen molar-refractivity contribution in [3.63, 3.8) is 0 Å². The summed E-state index contributed by atoms with van der Waals surface area (Å²) in [4.78, 5) is 10.7. The first-order chi connectivity index (χ1) is 5.52. The van der Waals surface area contributed by atoms with Crippen LogP contribution in [0.25, 0.3) is 0 Å². The summed E-state index contributed by atoms with van der Waals surface area (Å²) in [6.07, 6.45) is 0. The molecular weight excluding hydrogens is 199 g/mol. The molecule has 0 unspecified atom stereocenters. The van der Waals surface area contributed by atoms with E-state index < -0.39 is 5.24 Å². The Balaban J connectivity index is 3.37. The van der Waals surface area contributed by atoms with E-state index in [1.54, 1.807) is 13.0 Å². The van der Waals surface area contributed by atoms with Crippen molar-refractivity contribution in [2.45, 2.75) is 6.92 Å². The summed E-state index contributed by atoms with van der Waals surface area (Å²) in [7, 11) is 0. The Morgan fingerprint density at radius 3 is 2.58 bits per heavy atom. The number of rotatable bonds is 1. The van der Waals surface area contributed by atoms with Gasteiger partial charge in [-0.1, -0.05) is 11.6 Å². The van der Waals surface area contributed by atoms with Crippen LogP contribution in [0, 0.1) is 6.92 Å². The average Bonchev–Trinajstić information content (AvgIpc) is 1.96. The zero-order chi connectivity index (χ0) is 9.30. The van der Waals surface area contributed by atoms with Crippen molar-refractivity contribution >= 4 is 28.4 Å². The SMILES string of the molecule is Cc1cc(Cl)cc(C(=O)Cl)c1O. The molecule has 0 aliphatic heterocycles. The van der Waals surface area contributed by atoms with Crippen LogP contribution in [0.5, 0.6) is 5.75 Å². The lowest BCUT2D eigenvalue weighted by atomic mass is 10.1. The molecule has 0 spiro atoms. The van der Waals surface area contributed by atoms with Gasteiger partial charge in [-0.3, -0.25) is 4.79 Å². The third-order valence-electron chi connectivity index (χ3n) is 1.48. The van der Waals surface area contributed by atoms with Crippen molar-refractivity contribution in [2.24, 2.45) is 0 Å². The van der Waals surface area contributed by atoms with Crippen LogP contribution in [0.2, 0.25) is 5.02 Å². The van der Waals surface area contributed by atoms with E-state index in [0.29, 0.717) is 10.6 Å². The van der Waals surface area contributed by atoms with Gasteiger partial charge in [0.15, 0.2) is 0 Å². The Kier molecular flexibility index (Phi) is 2.60. The molecule has 0 aliphatic carbocycles. The smallest absolute Gasteiger partial charge is 0.256 e. The number of hydrogen-bond donors (Lipinski definition) is 1. The van der Waals surface area contributed by atoms with Crippen molar-refractivity contribution in [2.75, 3.05) is 0 Å². The van der Waals surface area contributed by atoms with Gasteiger partial charge in [-0.25, -0.2) is 0 Å². The molecule has 1 rings (SSSR count). The second kappa shape index (κ2) is 3.33. The number of halogens is 2. The molecule has 1 N–H and O–H groups in total. The van der Waals surface area contributed by atoms with Crippen LogP contribution in [0.3, 0.4) is 0 Å². The summed E-state index contributed by atoms with van der Waals surface area (Å²) in [5.74, 6) is -0.112. The largest absolute Gasteiger partial charge is 0.507 e. The van der Waals surface area contributed by atoms with Crippen LogP contribution >= 0.6 is 23.2 Å². The van der Waals surface area contributed by atoms with Crippen LogP contribution in [0.15, 0.2) is 12.1 Å². The summed E-state index contributed by atoms with van der Waals surface area (Å²) in [6, 6.07) is 2.89. The summed E-state index contributed by atoms with van der Waals surface area (Å²) < 4.78 is 0.